The van der Waals surface area contributed by atoms with Crippen molar-refractivity contribution >= 4 is 40.1 Å². The van der Waals surface area contributed by atoms with Crippen LogP contribution in [0.4, 0.5) is 5.82 Å². The summed E-state index contributed by atoms with van der Waals surface area (Å²) in [5, 5.41) is 25.5. The molecule has 5 rings (SSSR count). The fourth-order valence-corrected chi connectivity index (χ4v) is 5.12. The van der Waals surface area contributed by atoms with E-state index in [2.05, 4.69) is 15.3 Å². The first-order chi connectivity index (χ1) is 16.8. The smallest absolute Gasteiger partial charge is 0.341 e. The zero-order chi connectivity index (χ0) is 24.7. The number of nitrogens with zero attached hydrogens (tertiary/aromatic N) is 4. The van der Waals surface area contributed by atoms with Gasteiger partial charge < -0.3 is 25.2 Å². The molecule has 11 nitrogen and oxygen atoms in total. The van der Waals surface area contributed by atoms with Crippen molar-refractivity contribution in [1.29, 1.82) is 0 Å². The van der Waals surface area contributed by atoms with Gasteiger partial charge in [-0.2, -0.15) is 0 Å². The number of thiazole rings is 1. The number of carbonyl (C=O) groups is 2. The Morgan fingerprint density at radius 1 is 1.34 bits per heavy atom. The van der Waals surface area contributed by atoms with Crippen LogP contribution in [0.3, 0.4) is 0 Å². The molecule has 1 amide bonds. The van der Waals surface area contributed by atoms with Crippen molar-refractivity contribution in [2.24, 2.45) is 0 Å². The van der Waals surface area contributed by atoms with Crippen LogP contribution in [-0.4, -0.2) is 74.6 Å². The molecule has 1 atom stereocenters. The van der Waals surface area contributed by atoms with E-state index in [1.807, 2.05) is 0 Å². The Labute approximate surface area is 204 Å². The topological polar surface area (TPSA) is 147 Å². The number of aryl methyl sites for hydroxylation is 1. The summed E-state index contributed by atoms with van der Waals surface area (Å²) in [5.41, 5.74) is -1.75. The number of carboxylic acids is 1. The van der Waals surface area contributed by atoms with E-state index in [4.69, 9.17) is 4.74 Å². The van der Waals surface area contributed by atoms with Gasteiger partial charge >= 0.3 is 5.97 Å². The molecule has 3 aromatic rings. The standard InChI is InChI=1S/C23H25N5O6S/c1-13-8-16(27-11-23(33,12-27)21(32)25-9-14-4-2-3-6-34-14)26-19-17(13)18(29)15(20(30)31)10-28(19)22-24-5-7-35-22/h5,7-8,10,14,33H,2-4,6,9,11-12H2,1H3,(H,25,32)(H,30,31). The first-order valence-corrected chi connectivity index (χ1v) is 12.2. The Hall–Kier alpha value is -3.35. The molecule has 2 aliphatic rings. The Morgan fingerprint density at radius 3 is 2.80 bits per heavy atom. The Balaban J connectivity index is 1.41. The van der Waals surface area contributed by atoms with Gasteiger partial charge in [0.25, 0.3) is 5.91 Å². The summed E-state index contributed by atoms with van der Waals surface area (Å²) in [6, 6.07) is 1.66. The minimum absolute atomic E-state index is 0.0319. The molecule has 0 aromatic carbocycles. The van der Waals surface area contributed by atoms with Gasteiger partial charge in [0.2, 0.25) is 5.43 Å². The molecule has 0 bridgehead atoms. The average molecular weight is 500 g/mol. The third-order valence-corrected chi connectivity index (χ3v) is 7.18. The maximum atomic E-state index is 12.9. The monoisotopic (exact) mass is 499 g/mol. The lowest BCUT2D eigenvalue weighted by Gasteiger charge is -2.45. The highest BCUT2D eigenvalue weighted by Gasteiger charge is 2.48. The van der Waals surface area contributed by atoms with Crippen LogP contribution in [0, 0.1) is 6.92 Å². The van der Waals surface area contributed by atoms with Gasteiger partial charge in [-0.15, -0.1) is 11.3 Å². The predicted octanol–water partition coefficient (Wildman–Crippen LogP) is 1.09. The molecule has 184 valence electrons. The number of carbonyl (C=O) groups excluding carboxylic acids is 1. The highest BCUT2D eigenvalue weighted by molar-refractivity contribution is 7.12. The maximum Gasteiger partial charge on any atom is 0.341 e. The molecule has 2 saturated heterocycles. The summed E-state index contributed by atoms with van der Waals surface area (Å²) >= 11 is 1.28. The summed E-state index contributed by atoms with van der Waals surface area (Å²) in [6.07, 6.45) is 5.75. The van der Waals surface area contributed by atoms with Gasteiger partial charge in [0, 0.05) is 30.9 Å². The molecule has 0 radical (unpaired) electrons. The van der Waals surface area contributed by atoms with Gasteiger partial charge in [-0.3, -0.25) is 14.2 Å². The summed E-state index contributed by atoms with van der Waals surface area (Å²) < 4.78 is 7.12. The second-order valence-electron chi connectivity index (χ2n) is 8.94. The number of amides is 1. The second kappa shape index (κ2) is 9.02. The fourth-order valence-electron chi connectivity index (χ4n) is 4.50. The number of fused-ring (bicyclic) bond motifs is 1. The second-order valence-corrected chi connectivity index (χ2v) is 9.82. The number of hydrogen-bond acceptors (Lipinski definition) is 9. The van der Waals surface area contributed by atoms with Gasteiger partial charge in [0.05, 0.1) is 24.6 Å². The maximum absolute atomic E-state index is 12.9. The van der Waals surface area contributed by atoms with E-state index < -0.39 is 22.9 Å². The number of hydrogen-bond donors (Lipinski definition) is 3. The largest absolute Gasteiger partial charge is 0.477 e. The fraction of sp³-hybridized carbons (Fsp3) is 0.435. The van der Waals surface area contributed by atoms with Crippen LogP contribution in [0.2, 0.25) is 0 Å². The third-order valence-electron chi connectivity index (χ3n) is 6.41. The zero-order valence-electron chi connectivity index (χ0n) is 19.1. The first kappa shape index (κ1) is 23.4. The zero-order valence-corrected chi connectivity index (χ0v) is 19.9. The van der Waals surface area contributed by atoms with Crippen LogP contribution >= 0.6 is 11.3 Å². The molecule has 12 heteroatoms. The van der Waals surface area contributed by atoms with Gasteiger partial charge in [-0.1, -0.05) is 0 Å². The number of aromatic carboxylic acids is 1. The van der Waals surface area contributed by atoms with E-state index >= 15 is 0 Å². The summed E-state index contributed by atoms with van der Waals surface area (Å²) in [5.74, 6) is -1.31. The van der Waals surface area contributed by atoms with Crippen molar-refractivity contribution in [3.05, 3.63) is 45.2 Å². The number of β-amino-alcohol motifs (C(OH)–C–C–N with tert-alkyl or cyclic N) is 1. The van der Waals surface area contributed by atoms with Crippen LogP contribution in [0.1, 0.15) is 35.2 Å². The number of carboxylic acid groups (broad SMARTS) is 1. The molecule has 1 unspecified atom stereocenters. The molecule has 3 aromatic heterocycles. The summed E-state index contributed by atoms with van der Waals surface area (Å²) in [6.45, 7) is 2.83. The van der Waals surface area contributed by atoms with Crippen LogP contribution in [0.25, 0.3) is 16.2 Å². The molecule has 5 heterocycles. The van der Waals surface area contributed by atoms with Gasteiger partial charge in [-0.05, 0) is 37.8 Å². The quantitative estimate of drug-likeness (QED) is 0.453. The van der Waals surface area contributed by atoms with Crippen LogP contribution in [0.5, 0.6) is 0 Å². The van der Waals surface area contributed by atoms with Gasteiger partial charge in [0.15, 0.2) is 16.4 Å². The molecular weight excluding hydrogens is 474 g/mol. The average Bonchev–Trinajstić information content (AvgIpc) is 3.35. The van der Waals surface area contributed by atoms with Gasteiger partial charge in [0.1, 0.15) is 11.4 Å². The number of aromatic nitrogens is 3. The lowest BCUT2D eigenvalue weighted by Crippen LogP contribution is -2.69. The predicted molar refractivity (Wildman–Crippen MR) is 128 cm³/mol. The normalized spacial score (nSPS) is 19.4. The van der Waals surface area contributed by atoms with E-state index in [1.165, 1.54) is 22.1 Å². The molecule has 0 saturated carbocycles. The lowest BCUT2D eigenvalue weighted by molar-refractivity contribution is -0.143. The highest BCUT2D eigenvalue weighted by atomic mass is 32.1. The van der Waals surface area contributed by atoms with Crippen LogP contribution < -0.4 is 15.6 Å². The molecule has 0 spiro atoms. The molecular formula is C23H25N5O6S. The number of aliphatic hydroxyl groups is 1. The van der Waals surface area contributed by atoms with E-state index in [-0.39, 0.29) is 35.8 Å². The highest BCUT2D eigenvalue weighted by Crippen LogP contribution is 2.30. The minimum atomic E-state index is -1.55. The number of ether oxygens (including phenoxy) is 1. The summed E-state index contributed by atoms with van der Waals surface area (Å²) in [7, 11) is 0. The molecule has 0 aliphatic carbocycles. The van der Waals surface area contributed by atoms with E-state index in [9.17, 15) is 24.6 Å². The minimum Gasteiger partial charge on any atom is -0.477 e. The summed E-state index contributed by atoms with van der Waals surface area (Å²) in [4.78, 5) is 47.8. The molecule has 3 N–H and O–H groups in total. The van der Waals surface area contributed by atoms with E-state index in [0.717, 1.165) is 19.3 Å². The van der Waals surface area contributed by atoms with E-state index in [0.29, 0.717) is 29.7 Å². The molecule has 35 heavy (non-hydrogen) atoms. The van der Waals surface area contributed by atoms with Crippen molar-refractivity contribution in [2.75, 3.05) is 31.1 Å². The van der Waals surface area contributed by atoms with Gasteiger partial charge in [-0.25, -0.2) is 14.8 Å². The Morgan fingerprint density at radius 2 is 2.14 bits per heavy atom. The van der Waals surface area contributed by atoms with Crippen molar-refractivity contribution < 1.29 is 24.5 Å². The number of nitrogens with one attached hydrogen (secondary N) is 1. The van der Waals surface area contributed by atoms with Crippen molar-refractivity contribution in [3.63, 3.8) is 0 Å². The van der Waals surface area contributed by atoms with E-state index in [1.54, 1.807) is 29.5 Å². The van der Waals surface area contributed by atoms with Crippen molar-refractivity contribution in [1.82, 2.24) is 19.9 Å². The Bertz CT molecular complexity index is 1340. The van der Waals surface area contributed by atoms with Crippen molar-refractivity contribution in [3.8, 4) is 5.13 Å². The van der Waals surface area contributed by atoms with Crippen LogP contribution in [-0.2, 0) is 9.53 Å². The Kier molecular flexibility index (Phi) is 6.03. The van der Waals surface area contributed by atoms with Crippen LogP contribution in [0.15, 0.2) is 28.6 Å². The number of anilines is 1. The van der Waals surface area contributed by atoms with Crippen molar-refractivity contribution in [2.45, 2.75) is 37.9 Å². The first-order valence-electron chi connectivity index (χ1n) is 11.3. The SMILES string of the molecule is Cc1cc(N2CC(O)(C(=O)NCC3CCCCO3)C2)nc2c1c(=O)c(C(=O)O)cn2-c1nccs1. The lowest BCUT2D eigenvalue weighted by atomic mass is 9.92. The number of pyridine rings is 2. The third kappa shape index (κ3) is 4.28. The molecule has 2 aliphatic heterocycles. The molecule has 2 fully saturated rings. The number of rotatable bonds is 6.